The van der Waals surface area contributed by atoms with E-state index >= 15 is 0 Å². The Kier molecular flexibility index (Phi) is 7.18. The lowest BCUT2D eigenvalue weighted by molar-refractivity contribution is 0.0846. The van der Waals surface area contributed by atoms with E-state index in [1.54, 1.807) is 18.2 Å². The van der Waals surface area contributed by atoms with Crippen molar-refractivity contribution < 1.29 is 22.7 Å². The standard InChI is InChI=1S/C20H16Cl2N4O5S/c1-31-16-5-3-2-4-15(16)26-32(29,30)17-10-12(6-8-14(17)21)19(27)24-25-20(28)13-7-9-18(22)23-11-13/h2-11,26H,1H3,(H,24,27)(H,25,28). The van der Waals surface area contributed by atoms with Gasteiger partial charge in [0.2, 0.25) is 0 Å². The predicted octanol–water partition coefficient (Wildman–Crippen LogP) is 3.27. The minimum atomic E-state index is -4.16. The van der Waals surface area contributed by atoms with Gasteiger partial charge in [0, 0.05) is 11.8 Å². The number of hydrogen-bond donors (Lipinski definition) is 3. The number of ether oxygens (including phenoxy) is 1. The molecule has 1 heterocycles. The average Bonchev–Trinajstić information content (AvgIpc) is 2.78. The van der Waals surface area contributed by atoms with Crippen LogP contribution in [0, 0.1) is 0 Å². The highest BCUT2D eigenvalue weighted by Crippen LogP contribution is 2.29. The van der Waals surface area contributed by atoms with Gasteiger partial charge in [0.05, 0.1) is 23.4 Å². The van der Waals surface area contributed by atoms with Crippen LogP contribution in [0.15, 0.2) is 65.7 Å². The van der Waals surface area contributed by atoms with E-state index in [1.807, 2.05) is 0 Å². The van der Waals surface area contributed by atoms with Crippen LogP contribution in [0.4, 0.5) is 5.69 Å². The number of pyridine rings is 1. The second-order valence-corrected chi connectivity index (χ2v) is 8.67. The van der Waals surface area contributed by atoms with Crippen LogP contribution in [0.25, 0.3) is 0 Å². The van der Waals surface area contributed by atoms with Crippen LogP contribution in [0.1, 0.15) is 20.7 Å². The molecule has 0 saturated carbocycles. The quantitative estimate of drug-likeness (QED) is 0.356. The van der Waals surface area contributed by atoms with Crippen molar-refractivity contribution in [1.29, 1.82) is 0 Å². The molecule has 12 heteroatoms. The minimum absolute atomic E-state index is 0.0515. The summed E-state index contributed by atoms with van der Waals surface area (Å²) in [7, 11) is -2.76. The molecule has 166 valence electrons. The lowest BCUT2D eigenvalue weighted by Crippen LogP contribution is -2.41. The molecule has 3 rings (SSSR count). The molecule has 0 saturated heterocycles. The van der Waals surface area contributed by atoms with E-state index in [0.717, 1.165) is 6.07 Å². The molecule has 0 aliphatic rings. The van der Waals surface area contributed by atoms with Gasteiger partial charge in [-0.25, -0.2) is 13.4 Å². The van der Waals surface area contributed by atoms with E-state index in [2.05, 4.69) is 20.6 Å². The normalized spacial score (nSPS) is 10.8. The zero-order chi connectivity index (χ0) is 23.3. The molecule has 2 amide bonds. The molecule has 2 aromatic carbocycles. The molecule has 0 bridgehead atoms. The number of sulfonamides is 1. The molecule has 0 atom stereocenters. The van der Waals surface area contributed by atoms with Gasteiger partial charge in [0.15, 0.2) is 0 Å². The summed E-state index contributed by atoms with van der Waals surface area (Å²) in [6, 6.07) is 12.9. The summed E-state index contributed by atoms with van der Waals surface area (Å²) in [6.07, 6.45) is 1.24. The number of benzene rings is 2. The van der Waals surface area contributed by atoms with Crippen LogP contribution in [0.3, 0.4) is 0 Å². The van der Waals surface area contributed by atoms with Crippen molar-refractivity contribution in [3.8, 4) is 5.75 Å². The number of rotatable bonds is 6. The maximum absolute atomic E-state index is 12.9. The van der Waals surface area contributed by atoms with Gasteiger partial charge in [-0.15, -0.1) is 0 Å². The van der Waals surface area contributed by atoms with Crippen molar-refractivity contribution in [1.82, 2.24) is 15.8 Å². The Labute approximate surface area is 193 Å². The zero-order valence-electron chi connectivity index (χ0n) is 16.4. The van der Waals surface area contributed by atoms with Crippen molar-refractivity contribution >= 4 is 50.7 Å². The van der Waals surface area contributed by atoms with Crippen LogP contribution in [-0.4, -0.2) is 32.3 Å². The van der Waals surface area contributed by atoms with Crippen LogP contribution in [0.2, 0.25) is 10.2 Å². The number of carbonyl (C=O) groups is 2. The Morgan fingerprint density at radius 2 is 1.59 bits per heavy atom. The summed E-state index contributed by atoms with van der Waals surface area (Å²) >= 11 is 11.7. The number of carbonyl (C=O) groups excluding carboxylic acids is 2. The number of hydrogen-bond acceptors (Lipinski definition) is 6. The third kappa shape index (κ3) is 5.47. The van der Waals surface area contributed by atoms with Gasteiger partial charge in [-0.3, -0.25) is 25.2 Å². The Balaban J connectivity index is 1.77. The molecular weight excluding hydrogens is 479 g/mol. The van der Waals surface area contributed by atoms with Gasteiger partial charge in [0.1, 0.15) is 15.8 Å². The maximum Gasteiger partial charge on any atom is 0.271 e. The molecule has 0 aliphatic carbocycles. The van der Waals surface area contributed by atoms with Gasteiger partial charge >= 0.3 is 0 Å². The molecule has 0 fully saturated rings. The lowest BCUT2D eigenvalue weighted by Gasteiger charge is -2.13. The van der Waals surface area contributed by atoms with Gasteiger partial charge < -0.3 is 4.74 Å². The lowest BCUT2D eigenvalue weighted by atomic mass is 10.2. The van der Waals surface area contributed by atoms with Gasteiger partial charge in [0.25, 0.3) is 21.8 Å². The monoisotopic (exact) mass is 494 g/mol. The predicted molar refractivity (Wildman–Crippen MR) is 119 cm³/mol. The first-order valence-electron chi connectivity index (χ1n) is 8.89. The van der Waals surface area contributed by atoms with Gasteiger partial charge in [-0.1, -0.05) is 35.3 Å². The smallest absolute Gasteiger partial charge is 0.271 e. The first-order valence-corrected chi connectivity index (χ1v) is 11.1. The van der Waals surface area contributed by atoms with Crippen molar-refractivity contribution in [2.24, 2.45) is 0 Å². The second-order valence-electron chi connectivity index (χ2n) is 6.23. The minimum Gasteiger partial charge on any atom is -0.495 e. The van der Waals surface area contributed by atoms with E-state index in [9.17, 15) is 18.0 Å². The summed E-state index contributed by atoms with van der Waals surface area (Å²) in [6.45, 7) is 0. The first kappa shape index (κ1) is 23.3. The number of halogens is 2. The number of amides is 2. The highest BCUT2D eigenvalue weighted by Gasteiger charge is 2.22. The van der Waals surface area contributed by atoms with Crippen LogP contribution in [0.5, 0.6) is 5.75 Å². The molecule has 0 aliphatic heterocycles. The molecule has 0 radical (unpaired) electrons. The van der Waals surface area contributed by atoms with Crippen molar-refractivity contribution in [3.63, 3.8) is 0 Å². The summed E-state index contributed by atoms with van der Waals surface area (Å²) in [5.74, 6) is -1.09. The largest absolute Gasteiger partial charge is 0.495 e. The third-order valence-corrected chi connectivity index (χ3v) is 6.18. The molecule has 9 nitrogen and oxygen atoms in total. The average molecular weight is 495 g/mol. The Bertz CT molecular complexity index is 1270. The number of nitrogens with zero attached hydrogens (tertiary/aromatic N) is 1. The van der Waals surface area contributed by atoms with E-state index in [0.29, 0.717) is 5.75 Å². The topological polar surface area (TPSA) is 126 Å². The molecule has 3 N–H and O–H groups in total. The zero-order valence-corrected chi connectivity index (χ0v) is 18.8. The SMILES string of the molecule is COc1ccccc1NS(=O)(=O)c1cc(C(=O)NNC(=O)c2ccc(Cl)nc2)ccc1Cl. The van der Waals surface area contributed by atoms with E-state index in [-0.39, 0.29) is 31.9 Å². The molecule has 0 spiro atoms. The highest BCUT2D eigenvalue weighted by atomic mass is 35.5. The molecule has 0 unspecified atom stereocenters. The fourth-order valence-electron chi connectivity index (χ4n) is 2.55. The highest BCUT2D eigenvalue weighted by molar-refractivity contribution is 7.92. The Morgan fingerprint density at radius 1 is 0.938 bits per heavy atom. The van der Waals surface area contributed by atoms with Crippen molar-refractivity contribution in [2.45, 2.75) is 4.90 Å². The summed E-state index contributed by atoms with van der Waals surface area (Å²) in [4.78, 5) is 28.0. The number of methoxy groups -OCH3 is 1. The molecule has 1 aromatic heterocycles. The number of nitrogens with one attached hydrogen (secondary N) is 3. The fourth-order valence-corrected chi connectivity index (χ4v) is 4.26. The summed E-state index contributed by atoms with van der Waals surface area (Å²) in [5, 5.41) is 0.113. The molecule has 3 aromatic rings. The van der Waals surface area contributed by atoms with Crippen LogP contribution in [-0.2, 0) is 10.0 Å². The Hall–Kier alpha value is -3.34. The number of para-hydroxylation sites is 2. The molecular formula is C20H16Cl2N4O5S. The number of anilines is 1. The van der Waals surface area contributed by atoms with Gasteiger partial charge in [-0.05, 0) is 42.5 Å². The number of aromatic nitrogens is 1. The summed E-state index contributed by atoms with van der Waals surface area (Å²) < 4.78 is 33.3. The van der Waals surface area contributed by atoms with E-state index < -0.39 is 21.8 Å². The summed E-state index contributed by atoms with van der Waals surface area (Å²) in [5.41, 5.74) is 4.72. The molecule has 32 heavy (non-hydrogen) atoms. The number of hydrazine groups is 1. The van der Waals surface area contributed by atoms with E-state index in [1.165, 1.54) is 43.6 Å². The van der Waals surface area contributed by atoms with Crippen molar-refractivity contribution in [2.75, 3.05) is 11.8 Å². The second kappa shape index (κ2) is 9.86. The van der Waals surface area contributed by atoms with Crippen LogP contribution >= 0.6 is 23.2 Å². The van der Waals surface area contributed by atoms with Crippen LogP contribution < -0.4 is 20.3 Å². The fraction of sp³-hybridized carbons (Fsp3) is 0.0500. The first-order chi connectivity index (χ1) is 15.2. The van der Waals surface area contributed by atoms with E-state index in [4.69, 9.17) is 27.9 Å². The maximum atomic E-state index is 12.9. The van der Waals surface area contributed by atoms with Crippen molar-refractivity contribution in [3.05, 3.63) is 82.1 Å². The van der Waals surface area contributed by atoms with Gasteiger partial charge in [-0.2, -0.15) is 0 Å². The Morgan fingerprint density at radius 3 is 2.25 bits per heavy atom. The third-order valence-electron chi connectivity index (χ3n) is 4.11.